The maximum atomic E-state index is 9.65. The number of rotatable bonds is 4. The molecule has 2 fully saturated rings. The lowest BCUT2D eigenvalue weighted by atomic mass is 9.79. The van der Waals surface area contributed by atoms with E-state index in [0.29, 0.717) is 11.8 Å². The van der Waals surface area contributed by atoms with Gasteiger partial charge in [-0.1, -0.05) is 55.5 Å². The first-order valence-electron chi connectivity index (χ1n) is 9.75. The van der Waals surface area contributed by atoms with Crippen molar-refractivity contribution in [3.05, 3.63) is 77.9 Å². The van der Waals surface area contributed by atoms with Gasteiger partial charge in [0.15, 0.2) is 0 Å². The van der Waals surface area contributed by atoms with Gasteiger partial charge in [0.25, 0.3) is 0 Å². The number of phenols is 1. The minimum Gasteiger partial charge on any atom is -0.508 e. The summed E-state index contributed by atoms with van der Waals surface area (Å²) in [5.41, 5.74) is 6.28. The molecular weight excluding hydrogens is 318 g/mol. The van der Waals surface area contributed by atoms with Gasteiger partial charge in [0, 0.05) is 6.04 Å². The van der Waals surface area contributed by atoms with Crippen LogP contribution in [0.3, 0.4) is 0 Å². The van der Waals surface area contributed by atoms with E-state index in [1.165, 1.54) is 49.9 Å². The third-order valence-electron chi connectivity index (χ3n) is 5.81. The molecule has 1 saturated heterocycles. The second-order valence-corrected chi connectivity index (χ2v) is 7.44. The Bertz CT molecular complexity index is 800. The van der Waals surface area contributed by atoms with Crippen LogP contribution in [0.1, 0.15) is 43.2 Å². The summed E-state index contributed by atoms with van der Waals surface area (Å²) in [6.07, 6.45) is 6.32. The van der Waals surface area contributed by atoms with Crippen molar-refractivity contribution in [3.63, 3.8) is 0 Å². The standard InChI is InChI=1S/C24H27NO/c1-18(19-12-14-21(26)15-13-19)24(20-8-3-2-4-9-20)22-10-5-6-11-23(22)25-16-7-17-25/h2-4,8-9,12-15,23,26H,1,5-7,10-11,16-17H2. The molecule has 0 radical (unpaired) electrons. The molecule has 134 valence electrons. The lowest BCUT2D eigenvalue weighted by Gasteiger charge is -2.43. The fourth-order valence-corrected chi connectivity index (χ4v) is 4.31. The van der Waals surface area contributed by atoms with Crippen LogP contribution in [0.25, 0.3) is 11.1 Å². The van der Waals surface area contributed by atoms with Crippen LogP contribution < -0.4 is 0 Å². The number of aromatic hydroxyl groups is 1. The summed E-state index contributed by atoms with van der Waals surface area (Å²) in [7, 11) is 0. The highest BCUT2D eigenvalue weighted by molar-refractivity contribution is 6.05. The normalized spacial score (nSPS) is 22.5. The second-order valence-electron chi connectivity index (χ2n) is 7.44. The van der Waals surface area contributed by atoms with Crippen LogP contribution >= 0.6 is 0 Å². The summed E-state index contributed by atoms with van der Waals surface area (Å²) in [5, 5.41) is 9.65. The van der Waals surface area contributed by atoms with E-state index in [0.717, 1.165) is 17.6 Å². The highest BCUT2D eigenvalue weighted by Gasteiger charge is 2.31. The Labute approximate surface area is 156 Å². The molecule has 0 spiro atoms. The number of likely N-dealkylation sites (tertiary alicyclic amines) is 1. The number of nitrogens with zero attached hydrogens (tertiary/aromatic N) is 1. The molecule has 1 N–H and O–H groups in total. The monoisotopic (exact) mass is 345 g/mol. The highest BCUT2D eigenvalue weighted by Crippen LogP contribution is 2.41. The lowest BCUT2D eigenvalue weighted by molar-refractivity contribution is 0.121. The van der Waals surface area contributed by atoms with E-state index in [1.54, 1.807) is 17.7 Å². The van der Waals surface area contributed by atoms with Gasteiger partial charge < -0.3 is 5.11 Å². The van der Waals surface area contributed by atoms with Gasteiger partial charge in [0.1, 0.15) is 5.75 Å². The summed E-state index contributed by atoms with van der Waals surface area (Å²) in [6, 6.07) is 18.7. The van der Waals surface area contributed by atoms with Crippen molar-refractivity contribution in [2.75, 3.05) is 13.1 Å². The van der Waals surface area contributed by atoms with Crippen LogP contribution in [0.4, 0.5) is 0 Å². The Balaban J connectivity index is 1.81. The fraction of sp³-hybridized carbons (Fsp3) is 0.333. The number of hydrogen-bond acceptors (Lipinski definition) is 2. The van der Waals surface area contributed by atoms with Gasteiger partial charge in [-0.3, -0.25) is 4.90 Å². The largest absolute Gasteiger partial charge is 0.508 e. The van der Waals surface area contributed by atoms with E-state index < -0.39 is 0 Å². The molecule has 0 bridgehead atoms. The van der Waals surface area contributed by atoms with Crippen LogP contribution in [-0.2, 0) is 0 Å². The maximum absolute atomic E-state index is 9.65. The molecule has 2 aromatic rings. The van der Waals surface area contributed by atoms with E-state index in [1.807, 2.05) is 12.1 Å². The zero-order chi connectivity index (χ0) is 17.9. The fourth-order valence-electron chi connectivity index (χ4n) is 4.31. The Morgan fingerprint density at radius 3 is 2.27 bits per heavy atom. The van der Waals surface area contributed by atoms with E-state index in [4.69, 9.17) is 0 Å². The molecule has 2 nitrogen and oxygen atoms in total. The third-order valence-corrected chi connectivity index (χ3v) is 5.81. The molecule has 1 aliphatic heterocycles. The van der Waals surface area contributed by atoms with Gasteiger partial charge >= 0.3 is 0 Å². The summed E-state index contributed by atoms with van der Waals surface area (Å²) in [4.78, 5) is 2.64. The molecule has 1 saturated carbocycles. The molecule has 26 heavy (non-hydrogen) atoms. The quantitative estimate of drug-likeness (QED) is 0.790. The first-order chi connectivity index (χ1) is 12.7. The van der Waals surface area contributed by atoms with E-state index in [9.17, 15) is 5.11 Å². The van der Waals surface area contributed by atoms with Crippen LogP contribution in [-0.4, -0.2) is 29.1 Å². The van der Waals surface area contributed by atoms with Gasteiger partial charge in [-0.2, -0.15) is 0 Å². The summed E-state index contributed by atoms with van der Waals surface area (Å²) < 4.78 is 0. The second kappa shape index (κ2) is 7.51. The smallest absolute Gasteiger partial charge is 0.115 e. The first-order valence-corrected chi connectivity index (χ1v) is 9.75. The van der Waals surface area contributed by atoms with Crippen LogP contribution in [0.15, 0.2) is 66.7 Å². The van der Waals surface area contributed by atoms with Crippen LogP contribution in [0.2, 0.25) is 0 Å². The van der Waals surface area contributed by atoms with Gasteiger partial charge in [-0.05, 0) is 78.8 Å². The van der Waals surface area contributed by atoms with Gasteiger partial charge in [0.2, 0.25) is 0 Å². The lowest BCUT2D eigenvalue weighted by Crippen LogP contribution is -2.47. The van der Waals surface area contributed by atoms with E-state index in [2.05, 4.69) is 41.8 Å². The molecule has 2 heteroatoms. The van der Waals surface area contributed by atoms with Gasteiger partial charge in [-0.25, -0.2) is 0 Å². The van der Waals surface area contributed by atoms with Gasteiger partial charge in [-0.15, -0.1) is 0 Å². The van der Waals surface area contributed by atoms with E-state index in [-0.39, 0.29) is 0 Å². The Hall–Kier alpha value is -2.32. The minimum absolute atomic E-state index is 0.298. The predicted molar refractivity (Wildman–Crippen MR) is 109 cm³/mol. The topological polar surface area (TPSA) is 23.5 Å². The zero-order valence-corrected chi connectivity index (χ0v) is 15.3. The van der Waals surface area contributed by atoms with Crippen LogP contribution in [0.5, 0.6) is 5.75 Å². The molecule has 1 unspecified atom stereocenters. The molecule has 0 amide bonds. The number of benzene rings is 2. The molecule has 2 aromatic carbocycles. The summed E-state index contributed by atoms with van der Waals surface area (Å²) in [5.74, 6) is 0.298. The SMILES string of the molecule is C=C(C(=C1CCCCC1N1CCC1)c1ccccc1)c1ccc(O)cc1. The van der Waals surface area contributed by atoms with Gasteiger partial charge in [0.05, 0.1) is 0 Å². The Kier molecular flexibility index (Phi) is 4.94. The number of hydrogen-bond donors (Lipinski definition) is 1. The Morgan fingerprint density at radius 2 is 1.62 bits per heavy atom. The van der Waals surface area contributed by atoms with E-state index >= 15 is 0 Å². The van der Waals surface area contributed by atoms with Crippen molar-refractivity contribution < 1.29 is 5.11 Å². The molecule has 0 aromatic heterocycles. The average molecular weight is 345 g/mol. The average Bonchev–Trinajstić information content (AvgIpc) is 2.63. The van der Waals surface area contributed by atoms with Crippen molar-refractivity contribution in [2.45, 2.75) is 38.1 Å². The molecular formula is C24H27NO. The van der Waals surface area contributed by atoms with Crippen molar-refractivity contribution in [1.29, 1.82) is 0 Å². The molecule has 2 aliphatic rings. The van der Waals surface area contributed by atoms with Crippen molar-refractivity contribution in [2.24, 2.45) is 0 Å². The molecule has 1 heterocycles. The minimum atomic E-state index is 0.298. The maximum Gasteiger partial charge on any atom is 0.115 e. The van der Waals surface area contributed by atoms with Crippen molar-refractivity contribution in [1.82, 2.24) is 4.90 Å². The summed E-state index contributed by atoms with van der Waals surface area (Å²) in [6.45, 7) is 6.93. The molecule has 1 aliphatic carbocycles. The Morgan fingerprint density at radius 1 is 0.885 bits per heavy atom. The van der Waals surface area contributed by atoms with Crippen molar-refractivity contribution >= 4 is 11.1 Å². The number of phenolic OH excluding ortho intramolecular Hbond substituents is 1. The van der Waals surface area contributed by atoms with Crippen molar-refractivity contribution in [3.8, 4) is 5.75 Å². The highest BCUT2D eigenvalue weighted by atomic mass is 16.3. The number of allylic oxidation sites excluding steroid dienone is 2. The first kappa shape index (κ1) is 17.1. The zero-order valence-electron chi connectivity index (χ0n) is 15.3. The third kappa shape index (κ3) is 3.34. The predicted octanol–water partition coefficient (Wildman–Crippen LogP) is 5.51. The molecule has 4 rings (SSSR count). The molecule has 1 atom stereocenters. The summed E-state index contributed by atoms with van der Waals surface area (Å²) >= 11 is 0. The van der Waals surface area contributed by atoms with Crippen LogP contribution in [0, 0.1) is 0 Å².